The first kappa shape index (κ1) is 20.8. The van der Waals surface area contributed by atoms with Gasteiger partial charge in [0, 0.05) is 19.3 Å². The second-order valence-corrected chi connectivity index (χ2v) is 8.87. The van der Waals surface area contributed by atoms with Gasteiger partial charge in [0.05, 0.1) is 18.0 Å². The first-order valence-corrected chi connectivity index (χ1v) is 10.7. The molecular weight excluding hydrogens is 392 g/mol. The minimum atomic E-state index is -3.78. The number of carbonyl (C=O) groups is 2. The van der Waals surface area contributed by atoms with E-state index in [1.165, 1.54) is 24.7 Å². The number of carbonyl (C=O) groups excluding carboxylic acids is 2. The Morgan fingerprint density at radius 3 is 2.41 bits per heavy atom. The third kappa shape index (κ3) is 5.12. The fraction of sp³-hybridized carbons (Fsp3) is 0.300. The normalized spacial score (nSPS) is 13.7. The quantitative estimate of drug-likeness (QED) is 0.682. The van der Waals surface area contributed by atoms with E-state index in [2.05, 4.69) is 10.9 Å². The maximum absolute atomic E-state index is 12.4. The zero-order chi connectivity index (χ0) is 20.9. The molecule has 1 heterocycles. The highest BCUT2D eigenvalue weighted by molar-refractivity contribution is 7.89. The van der Waals surface area contributed by atoms with Crippen LogP contribution in [0.5, 0.6) is 0 Å². The van der Waals surface area contributed by atoms with Gasteiger partial charge < -0.3 is 4.90 Å². The first-order chi connectivity index (χ1) is 13.9. The second-order valence-electron chi connectivity index (χ2n) is 6.82. The molecule has 2 aromatic rings. The van der Waals surface area contributed by atoms with Crippen LogP contribution in [0, 0.1) is 0 Å². The summed E-state index contributed by atoms with van der Waals surface area (Å²) in [5, 5.41) is 0. The molecule has 0 saturated carbocycles. The van der Waals surface area contributed by atoms with Crippen molar-refractivity contribution in [2.45, 2.75) is 17.7 Å². The van der Waals surface area contributed by atoms with E-state index >= 15 is 0 Å². The zero-order valence-electron chi connectivity index (χ0n) is 16.2. The molecule has 1 aliphatic heterocycles. The van der Waals surface area contributed by atoms with Gasteiger partial charge in [0.2, 0.25) is 10.0 Å². The van der Waals surface area contributed by atoms with Crippen molar-refractivity contribution < 1.29 is 18.0 Å². The summed E-state index contributed by atoms with van der Waals surface area (Å²) in [7, 11) is -2.46. The van der Waals surface area contributed by atoms with Crippen LogP contribution in [0.3, 0.4) is 0 Å². The number of hydrogen-bond donors (Lipinski definition) is 2. The van der Waals surface area contributed by atoms with E-state index in [0.717, 1.165) is 29.4 Å². The lowest BCUT2D eigenvalue weighted by molar-refractivity contribution is -0.128. The third-order valence-corrected chi connectivity index (χ3v) is 6.52. The highest BCUT2D eigenvalue weighted by atomic mass is 32.2. The van der Waals surface area contributed by atoms with E-state index < -0.39 is 22.5 Å². The van der Waals surface area contributed by atoms with Crippen LogP contribution in [0.4, 0.5) is 5.69 Å². The van der Waals surface area contributed by atoms with Gasteiger partial charge in [-0.1, -0.05) is 36.4 Å². The van der Waals surface area contributed by atoms with Gasteiger partial charge in [-0.3, -0.25) is 20.4 Å². The number of likely N-dealkylation sites (N-methyl/N-ethyl adjacent to an activating group) is 1. The molecule has 2 aromatic carbocycles. The Hall–Kier alpha value is -2.91. The molecule has 0 aromatic heterocycles. The van der Waals surface area contributed by atoms with Crippen LogP contribution in [0.2, 0.25) is 0 Å². The van der Waals surface area contributed by atoms with E-state index in [0.29, 0.717) is 0 Å². The zero-order valence-corrected chi connectivity index (χ0v) is 17.0. The number of hydrogen-bond acceptors (Lipinski definition) is 5. The van der Waals surface area contributed by atoms with Gasteiger partial charge >= 0.3 is 0 Å². The lowest BCUT2D eigenvalue weighted by Gasteiger charge is -2.30. The van der Waals surface area contributed by atoms with Crippen molar-refractivity contribution in [1.29, 1.82) is 0 Å². The number of aryl methyl sites for hydroxylation is 1. The van der Waals surface area contributed by atoms with Crippen LogP contribution < -0.4 is 15.8 Å². The van der Waals surface area contributed by atoms with Crippen molar-refractivity contribution in [3.8, 4) is 0 Å². The van der Waals surface area contributed by atoms with Crippen LogP contribution in [0.15, 0.2) is 59.5 Å². The fourth-order valence-electron chi connectivity index (χ4n) is 3.23. The summed E-state index contributed by atoms with van der Waals surface area (Å²) in [5.41, 5.74) is 6.85. The molecular formula is C20H24N4O4S. The maximum Gasteiger partial charge on any atom is 0.257 e. The topological polar surface area (TPSA) is 98.8 Å². The monoisotopic (exact) mass is 416 g/mol. The molecule has 3 rings (SSSR count). The lowest BCUT2D eigenvalue weighted by Crippen LogP contribution is -2.50. The third-order valence-electron chi connectivity index (χ3n) is 4.70. The Morgan fingerprint density at radius 2 is 1.66 bits per heavy atom. The number of nitrogens with zero attached hydrogens (tertiary/aromatic N) is 2. The van der Waals surface area contributed by atoms with Gasteiger partial charge in [0.25, 0.3) is 11.8 Å². The van der Waals surface area contributed by atoms with E-state index in [1.54, 1.807) is 18.2 Å². The highest BCUT2D eigenvalue weighted by Gasteiger charge is 2.23. The molecule has 0 unspecified atom stereocenters. The molecule has 0 atom stereocenters. The summed E-state index contributed by atoms with van der Waals surface area (Å²) >= 11 is 0. The van der Waals surface area contributed by atoms with Crippen molar-refractivity contribution in [3.05, 3.63) is 60.2 Å². The standard InChI is InChI=1S/C20H24N4O4S/c1-23(29(27,28)17-10-3-2-4-11-17)14-19(25)21-22-20(26)15-24-13-7-9-16-8-5-6-12-18(16)24/h2-6,8,10-12H,7,9,13-15H2,1H3,(H,21,25)(H,22,26). The van der Waals surface area contributed by atoms with Gasteiger partial charge in [-0.15, -0.1) is 0 Å². The van der Waals surface area contributed by atoms with Gasteiger partial charge in [-0.05, 0) is 36.6 Å². The van der Waals surface area contributed by atoms with E-state index in [9.17, 15) is 18.0 Å². The SMILES string of the molecule is CN(CC(=O)NNC(=O)CN1CCCc2ccccc21)S(=O)(=O)c1ccccc1. The number of hydrazine groups is 1. The number of anilines is 1. The van der Waals surface area contributed by atoms with Gasteiger partial charge in [0.1, 0.15) is 0 Å². The predicted octanol–water partition coefficient (Wildman–Crippen LogP) is 0.907. The minimum absolute atomic E-state index is 0.100. The summed E-state index contributed by atoms with van der Waals surface area (Å²) in [6.07, 6.45) is 1.94. The molecule has 0 radical (unpaired) electrons. The number of fused-ring (bicyclic) bond motifs is 1. The number of benzene rings is 2. The number of rotatable bonds is 6. The molecule has 0 spiro atoms. The molecule has 0 aliphatic carbocycles. The number of amides is 2. The number of sulfonamides is 1. The predicted molar refractivity (Wildman–Crippen MR) is 110 cm³/mol. The van der Waals surface area contributed by atoms with Crippen LogP contribution >= 0.6 is 0 Å². The van der Waals surface area contributed by atoms with Gasteiger partial charge in [0.15, 0.2) is 0 Å². The van der Waals surface area contributed by atoms with Gasteiger partial charge in [-0.2, -0.15) is 4.31 Å². The Bertz CT molecular complexity index is 979. The Kier molecular flexibility index (Phi) is 6.50. The number of para-hydroxylation sites is 1. The Morgan fingerprint density at radius 1 is 1.00 bits per heavy atom. The van der Waals surface area contributed by atoms with Crippen LogP contribution in [0.1, 0.15) is 12.0 Å². The Balaban J connectivity index is 1.50. The van der Waals surface area contributed by atoms with E-state index in [4.69, 9.17) is 0 Å². The second kappa shape index (κ2) is 9.06. The Labute approximate surface area is 170 Å². The van der Waals surface area contributed by atoms with Crippen molar-refractivity contribution in [2.75, 3.05) is 31.6 Å². The number of nitrogens with one attached hydrogen (secondary N) is 2. The van der Waals surface area contributed by atoms with Crippen LogP contribution in [-0.2, 0) is 26.0 Å². The molecule has 2 N–H and O–H groups in total. The van der Waals surface area contributed by atoms with Crippen LogP contribution in [0.25, 0.3) is 0 Å². The van der Waals surface area contributed by atoms with Crippen LogP contribution in [-0.4, -0.2) is 51.2 Å². The van der Waals surface area contributed by atoms with E-state index in [1.807, 2.05) is 29.2 Å². The fourth-order valence-corrected chi connectivity index (χ4v) is 4.38. The summed E-state index contributed by atoms with van der Waals surface area (Å²) < 4.78 is 25.8. The molecule has 29 heavy (non-hydrogen) atoms. The minimum Gasteiger partial charge on any atom is -0.362 e. The molecule has 8 nitrogen and oxygen atoms in total. The van der Waals surface area contributed by atoms with Gasteiger partial charge in [-0.25, -0.2) is 8.42 Å². The maximum atomic E-state index is 12.4. The van der Waals surface area contributed by atoms with Crippen molar-refractivity contribution in [1.82, 2.24) is 15.2 Å². The smallest absolute Gasteiger partial charge is 0.257 e. The highest BCUT2D eigenvalue weighted by Crippen LogP contribution is 2.26. The molecule has 0 bridgehead atoms. The summed E-state index contributed by atoms with van der Waals surface area (Å²) in [4.78, 5) is 26.4. The summed E-state index contributed by atoms with van der Waals surface area (Å²) in [6.45, 7) is 0.454. The average molecular weight is 417 g/mol. The molecule has 0 saturated heterocycles. The molecule has 9 heteroatoms. The van der Waals surface area contributed by atoms with Crippen molar-refractivity contribution in [2.24, 2.45) is 0 Å². The molecule has 2 amide bonds. The van der Waals surface area contributed by atoms with E-state index in [-0.39, 0.29) is 17.3 Å². The first-order valence-electron chi connectivity index (χ1n) is 9.30. The molecule has 0 fully saturated rings. The summed E-state index contributed by atoms with van der Waals surface area (Å²) in [5.74, 6) is -0.997. The summed E-state index contributed by atoms with van der Waals surface area (Å²) in [6, 6.07) is 15.8. The largest absolute Gasteiger partial charge is 0.362 e. The van der Waals surface area contributed by atoms with Crippen molar-refractivity contribution >= 4 is 27.5 Å². The molecule has 1 aliphatic rings. The van der Waals surface area contributed by atoms with Crippen molar-refractivity contribution in [3.63, 3.8) is 0 Å². The molecule has 154 valence electrons. The lowest BCUT2D eigenvalue weighted by atomic mass is 10.0. The average Bonchev–Trinajstić information content (AvgIpc) is 2.73.